The highest BCUT2D eigenvalue weighted by Gasteiger charge is 2.34. The van der Waals surface area contributed by atoms with Crippen LogP contribution >= 0.6 is 11.3 Å². The number of piperidine rings is 1. The van der Waals surface area contributed by atoms with Gasteiger partial charge in [-0.15, -0.1) is 11.3 Å². The van der Waals surface area contributed by atoms with Gasteiger partial charge in [-0.05, 0) is 37.8 Å². The van der Waals surface area contributed by atoms with E-state index < -0.39 is 4.92 Å². The average molecular weight is 331 g/mol. The first-order valence-electron chi connectivity index (χ1n) is 7.83. The fourth-order valence-electron chi connectivity index (χ4n) is 3.69. The number of nitrogens with one attached hydrogen (secondary N) is 2. The van der Waals surface area contributed by atoms with Crippen LogP contribution in [0.1, 0.15) is 35.4 Å². The van der Waals surface area contributed by atoms with Crippen LogP contribution in [0.25, 0.3) is 10.1 Å². The van der Waals surface area contributed by atoms with Crippen molar-refractivity contribution in [2.45, 2.75) is 43.8 Å². The van der Waals surface area contributed by atoms with E-state index >= 15 is 0 Å². The number of thiophene rings is 1. The number of nitrogens with zero attached hydrogens (tertiary/aromatic N) is 1. The molecule has 2 aromatic rings. The van der Waals surface area contributed by atoms with Gasteiger partial charge < -0.3 is 10.6 Å². The Kier molecular flexibility index (Phi) is 3.54. The monoisotopic (exact) mass is 331 g/mol. The maximum atomic E-state index is 12.5. The second-order valence-electron chi connectivity index (χ2n) is 6.37. The van der Waals surface area contributed by atoms with E-state index in [1.165, 1.54) is 36.3 Å². The number of nitro benzene ring substituents is 1. The van der Waals surface area contributed by atoms with E-state index in [-0.39, 0.29) is 17.6 Å². The highest BCUT2D eigenvalue weighted by atomic mass is 32.1. The molecule has 6 nitrogen and oxygen atoms in total. The Balaban J connectivity index is 1.51. The SMILES string of the molecule is O=C(NC1CC2CCC(C1)N2)c1cc2cc([N+](=O)[O-])ccc2s1. The van der Waals surface area contributed by atoms with Gasteiger partial charge in [-0.2, -0.15) is 0 Å². The summed E-state index contributed by atoms with van der Waals surface area (Å²) < 4.78 is 0.895. The van der Waals surface area contributed by atoms with Crippen LogP contribution in [0.15, 0.2) is 24.3 Å². The van der Waals surface area contributed by atoms with E-state index in [1.54, 1.807) is 12.1 Å². The summed E-state index contributed by atoms with van der Waals surface area (Å²) in [6, 6.07) is 7.74. The zero-order valence-corrected chi connectivity index (χ0v) is 13.3. The Morgan fingerprint density at radius 1 is 1.26 bits per heavy atom. The second kappa shape index (κ2) is 5.58. The van der Waals surface area contributed by atoms with Crippen LogP contribution in [0, 0.1) is 10.1 Å². The third kappa shape index (κ3) is 2.82. The highest BCUT2D eigenvalue weighted by molar-refractivity contribution is 7.20. The molecule has 2 unspecified atom stereocenters. The molecule has 2 bridgehead atoms. The number of benzene rings is 1. The van der Waals surface area contributed by atoms with E-state index in [4.69, 9.17) is 0 Å². The van der Waals surface area contributed by atoms with E-state index in [9.17, 15) is 14.9 Å². The lowest BCUT2D eigenvalue weighted by atomic mass is 10.00. The van der Waals surface area contributed by atoms with Gasteiger partial charge in [0.15, 0.2) is 0 Å². The van der Waals surface area contributed by atoms with Crippen molar-refractivity contribution in [3.05, 3.63) is 39.3 Å². The summed E-state index contributed by atoms with van der Waals surface area (Å²) in [6.45, 7) is 0. The van der Waals surface area contributed by atoms with Gasteiger partial charge in [0.2, 0.25) is 0 Å². The van der Waals surface area contributed by atoms with Crippen molar-refractivity contribution < 1.29 is 9.72 Å². The van der Waals surface area contributed by atoms with Crippen molar-refractivity contribution in [2.75, 3.05) is 0 Å². The van der Waals surface area contributed by atoms with Crippen LogP contribution in [0.5, 0.6) is 0 Å². The number of carbonyl (C=O) groups excluding carboxylic acids is 1. The van der Waals surface area contributed by atoms with Crippen LogP contribution < -0.4 is 10.6 Å². The van der Waals surface area contributed by atoms with Crippen molar-refractivity contribution in [1.29, 1.82) is 0 Å². The van der Waals surface area contributed by atoms with Crippen LogP contribution in [0.2, 0.25) is 0 Å². The molecule has 2 atom stereocenters. The first kappa shape index (κ1) is 14.6. The summed E-state index contributed by atoms with van der Waals surface area (Å²) in [6.07, 6.45) is 4.37. The Hall–Kier alpha value is -1.99. The van der Waals surface area contributed by atoms with Gasteiger partial charge in [0.25, 0.3) is 11.6 Å². The van der Waals surface area contributed by atoms with Crippen molar-refractivity contribution >= 4 is 33.0 Å². The minimum Gasteiger partial charge on any atom is -0.348 e. The number of carbonyl (C=O) groups is 1. The molecule has 4 rings (SSSR count). The predicted molar refractivity (Wildman–Crippen MR) is 88.9 cm³/mol. The van der Waals surface area contributed by atoms with E-state index in [1.807, 2.05) is 0 Å². The highest BCUT2D eigenvalue weighted by Crippen LogP contribution is 2.30. The zero-order valence-electron chi connectivity index (χ0n) is 12.5. The summed E-state index contributed by atoms with van der Waals surface area (Å²) in [5.41, 5.74) is 0.0530. The lowest BCUT2D eigenvalue weighted by Gasteiger charge is -2.29. The molecule has 0 saturated carbocycles. The van der Waals surface area contributed by atoms with E-state index in [0.717, 1.165) is 22.9 Å². The number of hydrogen-bond acceptors (Lipinski definition) is 5. The van der Waals surface area contributed by atoms with Gasteiger partial charge in [0, 0.05) is 40.3 Å². The Morgan fingerprint density at radius 3 is 2.70 bits per heavy atom. The first-order chi connectivity index (χ1) is 11.1. The van der Waals surface area contributed by atoms with Crippen LogP contribution in [0.3, 0.4) is 0 Å². The molecule has 120 valence electrons. The molecule has 2 saturated heterocycles. The molecule has 1 aromatic carbocycles. The summed E-state index contributed by atoms with van der Waals surface area (Å²) in [7, 11) is 0. The van der Waals surface area contributed by atoms with Crippen LogP contribution in [0.4, 0.5) is 5.69 Å². The van der Waals surface area contributed by atoms with Gasteiger partial charge in [0.1, 0.15) is 0 Å². The number of fused-ring (bicyclic) bond motifs is 3. The van der Waals surface area contributed by atoms with Crippen LogP contribution in [-0.2, 0) is 0 Å². The molecule has 0 aliphatic carbocycles. The summed E-state index contributed by atoms with van der Waals surface area (Å²) in [5, 5.41) is 18.3. The number of hydrogen-bond donors (Lipinski definition) is 2. The molecule has 2 N–H and O–H groups in total. The molecule has 0 radical (unpaired) electrons. The molecular formula is C16H17N3O3S. The van der Waals surface area contributed by atoms with Crippen LogP contribution in [-0.4, -0.2) is 29.0 Å². The zero-order chi connectivity index (χ0) is 16.0. The van der Waals surface area contributed by atoms with Gasteiger partial charge in [-0.25, -0.2) is 0 Å². The minimum absolute atomic E-state index is 0.0530. The smallest absolute Gasteiger partial charge is 0.270 e. The Bertz CT molecular complexity index is 776. The van der Waals surface area contributed by atoms with E-state index in [2.05, 4.69) is 10.6 Å². The molecule has 7 heteroatoms. The molecule has 2 aliphatic heterocycles. The Labute approximate surface area is 137 Å². The number of non-ortho nitro benzene ring substituents is 1. The van der Waals surface area contributed by atoms with Crippen molar-refractivity contribution in [1.82, 2.24) is 10.6 Å². The van der Waals surface area contributed by atoms with Crippen molar-refractivity contribution in [2.24, 2.45) is 0 Å². The molecule has 0 spiro atoms. The maximum absolute atomic E-state index is 12.5. The number of amides is 1. The quantitative estimate of drug-likeness (QED) is 0.669. The Morgan fingerprint density at radius 2 is 2.00 bits per heavy atom. The lowest BCUT2D eigenvalue weighted by Crippen LogP contribution is -2.47. The van der Waals surface area contributed by atoms with Gasteiger partial charge in [-0.3, -0.25) is 14.9 Å². The van der Waals surface area contributed by atoms with Gasteiger partial charge >= 0.3 is 0 Å². The molecule has 3 heterocycles. The normalized spacial score (nSPS) is 26.3. The second-order valence-corrected chi connectivity index (χ2v) is 7.45. The molecular weight excluding hydrogens is 314 g/mol. The molecule has 1 aromatic heterocycles. The maximum Gasteiger partial charge on any atom is 0.270 e. The predicted octanol–water partition coefficient (Wildman–Crippen LogP) is 2.82. The fraction of sp³-hybridized carbons (Fsp3) is 0.438. The fourth-order valence-corrected chi connectivity index (χ4v) is 4.63. The molecule has 2 aliphatic rings. The molecule has 23 heavy (non-hydrogen) atoms. The van der Waals surface area contributed by atoms with Crippen molar-refractivity contribution in [3.63, 3.8) is 0 Å². The summed E-state index contributed by atoms with van der Waals surface area (Å²) >= 11 is 1.38. The third-order valence-electron chi connectivity index (χ3n) is 4.74. The molecule has 2 fully saturated rings. The summed E-state index contributed by atoms with van der Waals surface area (Å²) in [4.78, 5) is 23.5. The van der Waals surface area contributed by atoms with E-state index in [0.29, 0.717) is 17.0 Å². The standard InChI is InChI=1S/C16H17N3O3S/c20-16(18-12-7-10-1-2-11(8-12)17-10)15-6-9-5-13(19(21)22)3-4-14(9)23-15/h3-6,10-12,17H,1-2,7-8H2,(H,18,20). The van der Waals surface area contributed by atoms with Gasteiger partial charge in [0.05, 0.1) is 9.80 Å². The lowest BCUT2D eigenvalue weighted by molar-refractivity contribution is -0.384. The molecule has 1 amide bonds. The number of rotatable bonds is 3. The topological polar surface area (TPSA) is 84.3 Å². The summed E-state index contributed by atoms with van der Waals surface area (Å²) in [5.74, 6) is -0.0693. The largest absolute Gasteiger partial charge is 0.348 e. The number of nitro groups is 1. The van der Waals surface area contributed by atoms with Gasteiger partial charge in [-0.1, -0.05) is 0 Å². The average Bonchev–Trinajstić information content (AvgIpc) is 3.09. The van der Waals surface area contributed by atoms with Crippen molar-refractivity contribution in [3.8, 4) is 0 Å². The first-order valence-corrected chi connectivity index (χ1v) is 8.65. The third-order valence-corrected chi connectivity index (χ3v) is 5.86. The minimum atomic E-state index is -0.415.